The number of nitrogens with one attached hydrogen (secondary N) is 1. The molecular formula is C27H29N5O2. The molecule has 174 valence electrons. The summed E-state index contributed by atoms with van der Waals surface area (Å²) in [5.41, 5.74) is 5.02. The molecular weight excluding hydrogens is 426 g/mol. The predicted molar refractivity (Wildman–Crippen MR) is 131 cm³/mol. The van der Waals surface area contributed by atoms with E-state index in [0.29, 0.717) is 19.7 Å². The lowest BCUT2D eigenvalue weighted by Crippen LogP contribution is -2.42. The molecule has 5 rings (SSSR count). The van der Waals surface area contributed by atoms with Crippen LogP contribution < -0.4 is 5.32 Å². The fourth-order valence-electron chi connectivity index (χ4n) is 4.65. The first-order valence-electron chi connectivity index (χ1n) is 11.6. The van der Waals surface area contributed by atoms with E-state index in [2.05, 4.69) is 46.4 Å². The molecule has 0 unspecified atom stereocenters. The van der Waals surface area contributed by atoms with Gasteiger partial charge in [0.15, 0.2) is 0 Å². The predicted octanol–water partition coefficient (Wildman–Crippen LogP) is 4.62. The molecule has 0 saturated carbocycles. The van der Waals surface area contributed by atoms with Crippen LogP contribution in [-0.4, -0.2) is 45.5 Å². The Labute approximate surface area is 199 Å². The summed E-state index contributed by atoms with van der Waals surface area (Å²) in [7, 11) is 1.67. The number of rotatable bonds is 6. The number of hydrogen-bond donors (Lipinski definition) is 1. The summed E-state index contributed by atoms with van der Waals surface area (Å²) in [4.78, 5) is 15.5. The molecule has 1 aliphatic heterocycles. The molecule has 1 aliphatic rings. The number of carbonyl (C=O) groups is 1. The largest absolute Gasteiger partial charge is 0.385 e. The van der Waals surface area contributed by atoms with Crippen LogP contribution in [0.1, 0.15) is 35.0 Å². The zero-order valence-corrected chi connectivity index (χ0v) is 19.5. The van der Waals surface area contributed by atoms with Gasteiger partial charge in [0.2, 0.25) is 0 Å². The van der Waals surface area contributed by atoms with Crippen LogP contribution in [0.3, 0.4) is 0 Å². The first-order chi connectivity index (χ1) is 16.7. The van der Waals surface area contributed by atoms with E-state index in [1.807, 2.05) is 59.0 Å². The van der Waals surface area contributed by atoms with Gasteiger partial charge in [0.25, 0.3) is 0 Å². The van der Waals surface area contributed by atoms with Crippen molar-refractivity contribution in [2.45, 2.75) is 25.9 Å². The maximum absolute atomic E-state index is 13.6. The molecule has 0 bridgehead atoms. The highest BCUT2D eigenvalue weighted by atomic mass is 16.5. The Morgan fingerprint density at radius 1 is 1.06 bits per heavy atom. The standard InChI is InChI=1S/C27H29N5O2/c1-20-23-19-31(27(33)28-16-10-18-34-2)25(21-11-5-3-6-12-21)24-15-9-17-30(24)26(23)32(29-20)22-13-7-4-8-14-22/h3-9,11-15,17,25H,10,16,18-19H2,1-2H3,(H,28,33)/t25-/m1/s1. The zero-order chi connectivity index (χ0) is 23.5. The van der Waals surface area contributed by atoms with Gasteiger partial charge in [-0.3, -0.25) is 0 Å². The van der Waals surface area contributed by atoms with Gasteiger partial charge in [-0.05, 0) is 43.2 Å². The van der Waals surface area contributed by atoms with Crippen molar-refractivity contribution in [3.8, 4) is 11.5 Å². The van der Waals surface area contributed by atoms with Crippen molar-refractivity contribution >= 4 is 6.03 Å². The van der Waals surface area contributed by atoms with Gasteiger partial charge in [0.1, 0.15) is 5.82 Å². The molecule has 2 aromatic heterocycles. The number of carbonyl (C=O) groups excluding carboxylic acids is 1. The number of para-hydroxylation sites is 1. The van der Waals surface area contributed by atoms with Crippen molar-refractivity contribution in [1.82, 2.24) is 24.6 Å². The third kappa shape index (κ3) is 3.99. The van der Waals surface area contributed by atoms with Crippen molar-refractivity contribution in [3.63, 3.8) is 0 Å². The number of methoxy groups -OCH3 is 1. The molecule has 0 radical (unpaired) electrons. The Kier molecular flexibility index (Phi) is 6.18. The number of benzene rings is 2. The van der Waals surface area contributed by atoms with E-state index in [4.69, 9.17) is 9.84 Å². The molecule has 0 aliphatic carbocycles. The van der Waals surface area contributed by atoms with E-state index < -0.39 is 0 Å². The Morgan fingerprint density at radius 2 is 1.79 bits per heavy atom. The van der Waals surface area contributed by atoms with E-state index in [-0.39, 0.29) is 12.1 Å². The molecule has 0 fully saturated rings. The van der Waals surface area contributed by atoms with Gasteiger partial charge in [0.05, 0.1) is 29.7 Å². The minimum Gasteiger partial charge on any atom is -0.385 e. The number of fused-ring (bicyclic) bond motifs is 3. The quantitative estimate of drug-likeness (QED) is 0.432. The van der Waals surface area contributed by atoms with Crippen LogP contribution in [0.5, 0.6) is 0 Å². The molecule has 2 aromatic carbocycles. The lowest BCUT2D eigenvalue weighted by molar-refractivity contribution is 0.174. The summed E-state index contributed by atoms with van der Waals surface area (Å²) >= 11 is 0. The van der Waals surface area contributed by atoms with Gasteiger partial charge in [-0.2, -0.15) is 5.10 Å². The van der Waals surface area contributed by atoms with Crippen molar-refractivity contribution < 1.29 is 9.53 Å². The number of aromatic nitrogens is 3. The van der Waals surface area contributed by atoms with E-state index in [1.165, 1.54) is 0 Å². The smallest absolute Gasteiger partial charge is 0.318 e. The van der Waals surface area contributed by atoms with Crippen molar-refractivity contribution in [1.29, 1.82) is 0 Å². The Hall–Kier alpha value is -3.84. The summed E-state index contributed by atoms with van der Waals surface area (Å²) in [6.07, 6.45) is 2.82. The zero-order valence-electron chi connectivity index (χ0n) is 19.5. The summed E-state index contributed by atoms with van der Waals surface area (Å²) in [5.74, 6) is 0.972. The molecule has 3 heterocycles. The fourth-order valence-corrected chi connectivity index (χ4v) is 4.65. The third-order valence-corrected chi connectivity index (χ3v) is 6.26. The van der Waals surface area contributed by atoms with E-state index >= 15 is 0 Å². The fraction of sp³-hybridized carbons (Fsp3) is 0.259. The maximum Gasteiger partial charge on any atom is 0.318 e. The number of urea groups is 1. The van der Waals surface area contributed by atoms with Gasteiger partial charge in [-0.25, -0.2) is 9.48 Å². The molecule has 0 saturated heterocycles. The third-order valence-electron chi connectivity index (χ3n) is 6.26. The van der Waals surface area contributed by atoms with Crippen LogP contribution in [0.25, 0.3) is 11.5 Å². The summed E-state index contributed by atoms with van der Waals surface area (Å²) in [5, 5.41) is 7.98. The van der Waals surface area contributed by atoms with E-state index in [9.17, 15) is 4.79 Å². The normalized spacial score (nSPS) is 14.9. The molecule has 34 heavy (non-hydrogen) atoms. The van der Waals surface area contributed by atoms with Crippen LogP contribution in [-0.2, 0) is 11.3 Å². The average molecular weight is 456 g/mol. The first kappa shape index (κ1) is 22.0. The Balaban J connectivity index is 1.64. The highest BCUT2D eigenvalue weighted by Gasteiger charge is 2.35. The number of amides is 2. The molecule has 7 heteroatoms. The molecule has 2 amide bonds. The summed E-state index contributed by atoms with van der Waals surface area (Å²) in [6, 6.07) is 24.1. The second-order valence-corrected chi connectivity index (χ2v) is 8.46. The van der Waals surface area contributed by atoms with Gasteiger partial charge >= 0.3 is 6.03 Å². The Bertz CT molecular complexity index is 1260. The molecule has 1 N–H and O–H groups in total. The average Bonchev–Trinajstić information content (AvgIpc) is 3.43. The Morgan fingerprint density at radius 3 is 2.53 bits per heavy atom. The van der Waals surface area contributed by atoms with Crippen molar-refractivity contribution in [2.75, 3.05) is 20.3 Å². The summed E-state index contributed by atoms with van der Waals surface area (Å²) < 4.78 is 9.30. The first-order valence-corrected chi connectivity index (χ1v) is 11.6. The van der Waals surface area contributed by atoms with E-state index in [1.54, 1.807) is 7.11 Å². The minimum absolute atomic E-state index is 0.0996. The van der Waals surface area contributed by atoms with E-state index in [0.717, 1.165) is 40.4 Å². The molecule has 1 atom stereocenters. The van der Waals surface area contributed by atoms with Crippen LogP contribution in [0, 0.1) is 6.92 Å². The van der Waals surface area contributed by atoms with Crippen LogP contribution in [0.4, 0.5) is 4.79 Å². The second-order valence-electron chi connectivity index (χ2n) is 8.46. The van der Waals surface area contributed by atoms with Crippen molar-refractivity contribution in [2.24, 2.45) is 0 Å². The maximum atomic E-state index is 13.6. The number of nitrogens with zero attached hydrogens (tertiary/aromatic N) is 4. The topological polar surface area (TPSA) is 64.3 Å². The van der Waals surface area contributed by atoms with Gasteiger partial charge < -0.3 is 19.5 Å². The molecule has 4 aromatic rings. The highest BCUT2D eigenvalue weighted by Crippen LogP contribution is 2.38. The number of ether oxygens (including phenoxy) is 1. The van der Waals surface area contributed by atoms with Gasteiger partial charge in [-0.15, -0.1) is 0 Å². The monoisotopic (exact) mass is 455 g/mol. The second kappa shape index (κ2) is 9.57. The van der Waals surface area contributed by atoms with Crippen LogP contribution >= 0.6 is 0 Å². The summed E-state index contributed by atoms with van der Waals surface area (Å²) in [6.45, 7) is 3.63. The highest BCUT2D eigenvalue weighted by molar-refractivity contribution is 5.76. The number of hydrogen-bond acceptors (Lipinski definition) is 3. The lowest BCUT2D eigenvalue weighted by atomic mass is 10.0. The number of aryl methyl sites for hydroxylation is 1. The van der Waals surface area contributed by atoms with Crippen LogP contribution in [0.15, 0.2) is 79.0 Å². The van der Waals surface area contributed by atoms with Gasteiger partial charge in [0, 0.05) is 32.0 Å². The van der Waals surface area contributed by atoms with Gasteiger partial charge in [-0.1, -0.05) is 48.5 Å². The SMILES string of the molecule is COCCCNC(=O)N1Cc2c(C)nn(-c3ccccc3)c2-n2cccc2[C@H]1c1ccccc1. The molecule has 0 spiro atoms. The molecule has 7 nitrogen and oxygen atoms in total. The van der Waals surface area contributed by atoms with Crippen LogP contribution in [0.2, 0.25) is 0 Å². The lowest BCUT2D eigenvalue weighted by Gasteiger charge is -2.31. The van der Waals surface area contributed by atoms with Crippen molar-refractivity contribution in [3.05, 3.63) is 102 Å². The minimum atomic E-state index is -0.241.